The van der Waals surface area contributed by atoms with Crippen LogP contribution in [0.15, 0.2) is 58.5 Å². The minimum atomic E-state index is -0.554. The van der Waals surface area contributed by atoms with Gasteiger partial charge in [-0.15, -0.1) is 0 Å². The summed E-state index contributed by atoms with van der Waals surface area (Å²) in [5, 5.41) is 0.725. The molecule has 29 heavy (non-hydrogen) atoms. The molecule has 0 N–H and O–H groups in total. The number of fused-ring (bicyclic) bond motifs is 1. The molecule has 0 saturated heterocycles. The lowest BCUT2D eigenvalue weighted by Crippen LogP contribution is -2.27. The molecule has 0 spiro atoms. The second kappa shape index (κ2) is 9.05. The molecule has 1 aromatic heterocycles. The Morgan fingerprint density at radius 2 is 1.79 bits per heavy atom. The maximum absolute atomic E-state index is 12.8. The number of benzene rings is 2. The van der Waals surface area contributed by atoms with Crippen LogP contribution in [0.25, 0.3) is 10.9 Å². The van der Waals surface area contributed by atoms with Crippen LogP contribution in [0.1, 0.15) is 35.7 Å². The Labute approximate surface area is 172 Å². The summed E-state index contributed by atoms with van der Waals surface area (Å²) in [5.74, 6) is -0.130. The minimum Gasteiger partial charge on any atom is -0.468 e. The third-order valence-corrected chi connectivity index (χ3v) is 5.55. The van der Waals surface area contributed by atoms with E-state index in [2.05, 4.69) is 18.8 Å². The normalized spacial score (nSPS) is 11.0. The molecule has 0 aliphatic rings. The van der Waals surface area contributed by atoms with Crippen molar-refractivity contribution in [3.63, 3.8) is 0 Å². The van der Waals surface area contributed by atoms with Gasteiger partial charge in [-0.2, -0.15) is 0 Å². The van der Waals surface area contributed by atoms with Crippen molar-refractivity contribution in [2.24, 2.45) is 0 Å². The number of methoxy groups -OCH3 is 1. The van der Waals surface area contributed by atoms with Crippen molar-refractivity contribution in [1.29, 1.82) is 0 Å². The van der Waals surface area contributed by atoms with Gasteiger partial charge in [-0.25, -0.2) is 4.98 Å². The van der Waals surface area contributed by atoms with Crippen LogP contribution in [0.3, 0.4) is 0 Å². The van der Waals surface area contributed by atoms with Crippen LogP contribution in [0.2, 0.25) is 0 Å². The van der Waals surface area contributed by atoms with Crippen molar-refractivity contribution in [3.05, 3.63) is 70.0 Å². The highest BCUT2D eigenvalue weighted by Crippen LogP contribution is 2.20. The molecule has 0 radical (unpaired) electrons. The predicted molar refractivity (Wildman–Crippen MR) is 114 cm³/mol. The summed E-state index contributed by atoms with van der Waals surface area (Å²) in [6.45, 7) is 3.93. The molecule has 0 bridgehead atoms. The van der Waals surface area contributed by atoms with E-state index in [0.29, 0.717) is 27.5 Å². The Morgan fingerprint density at radius 1 is 1.10 bits per heavy atom. The number of ether oxygens (including phenoxy) is 1. The molecule has 0 fully saturated rings. The monoisotopic (exact) mass is 410 g/mol. The molecule has 3 rings (SSSR count). The zero-order valence-corrected chi connectivity index (χ0v) is 17.4. The maximum atomic E-state index is 12.8. The van der Waals surface area contributed by atoms with Crippen LogP contribution in [0.5, 0.6) is 0 Å². The van der Waals surface area contributed by atoms with E-state index in [9.17, 15) is 14.4 Å². The smallest absolute Gasteiger partial charge is 0.325 e. The van der Waals surface area contributed by atoms with Gasteiger partial charge >= 0.3 is 5.97 Å². The first-order valence-corrected chi connectivity index (χ1v) is 10.2. The first-order chi connectivity index (χ1) is 13.9. The van der Waals surface area contributed by atoms with Gasteiger partial charge in [-0.3, -0.25) is 19.0 Å². The number of Topliss-reactive ketones (excluding diaryl/α,β-unsaturated/α-hetero) is 1. The van der Waals surface area contributed by atoms with E-state index in [1.165, 1.54) is 11.7 Å². The lowest BCUT2D eigenvalue weighted by molar-refractivity contribution is -0.141. The van der Waals surface area contributed by atoms with Gasteiger partial charge in [0.15, 0.2) is 10.9 Å². The zero-order chi connectivity index (χ0) is 21.0. The van der Waals surface area contributed by atoms with Gasteiger partial charge in [-0.05, 0) is 23.6 Å². The van der Waals surface area contributed by atoms with E-state index in [0.717, 1.165) is 17.3 Å². The fourth-order valence-corrected chi connectivity index (χ4v) is 3.75. The molecular weight excluding hydrogens is 388 g/mol. The molecule has 1 heterocycles. The van der Waals surface area contributed by atoms with Gasteiger partial charge in [0.1, 0.15) is 6.54 Å². The van der Waals surface area contributed by atoms with Gasteiger partial charge in [-0.1, -0.05) is 62.0 Å². The van der Waals surface area contributed by atoms with Crippen LogP contribution < -0.4 is 5.56 Å². The maximum Gasteiger partial charge on any atom is 0.325 e. The van der Waals surface area contributed by atoms with Crippen LogP contribution in [0, 0.1) is 0 Å². The molecule has 0 atom stereocenters. The van der Waals surface area contributed by atoms with E-state index in [-0.39, 0.29) is 23.6 Å². The van der Waals surface area contributed by atoms with Crippen molar-refractivity contribution in [3.8, 4) is 0 Å². The second-order valence-electron chi connectivity index (χ2n) is 6.87. The summed E-state index contributed by atoms with van der Waals surface area (Å²) < 4.78 is 5.96. The first-order valence-electron chi connectivity index (χ1n) is 9.23. The number of hydrogen-bond donors (Lipinski definition) is 0. The van der Waals surface area contributed by atoms with E-state index >= 15 is 0 Å². The third kappa shape index (κ3) is 4.74. The molecule has 0 unspecified atom stereocenters. The number of nitrogens with zero attached hydrogens (tertiary/aromatic N) is 2. The molecule has 0 amide bonds. The van der Waals surface area contributed by atoms with Gasteiger partial charge in [0.25, 0.3) is 5.56 Å². The number of rotatable bonds is 7. The Kier molecular flexibility index (Phi) is 6.49. The van der Waals surface area contributed by atoms with Gasteiger partial charge in [0.2, 0.25) is 0 Å². The number of para-hydroxylation sites is 1. The SMILES string of the molecule is COC(=O)Cn1c(SCC(=O)c2ccc(C(C)C)cc2)nc2ccccc2c1=O. The van der Waals surface area contributed by atoms with E-state index < -0.39 is 5.97 Å². The number of carbonyl (C=O) groups excluding carboxylic acids is 2. The van der Waals surface area contributed by atoms with Gasteiger partial charge in [0, 0.05) is 5.56 Å². The Hall–Kier alpha value is -2.93. The van der Waals surface area contributed by atoms with Crippen LogP contribution in [-0.4, -0.2) is 34.2 Å². The molecule has 3 aromatic rings. The Balaban J connectivity index is 1.88. The van der Waals surface area contributed by atoms with Crippen molar-refractivity contribution in [2.45, 2.75) is 31.5 Å². The van der Waals surface area contributed by atoms with Crippen LogP contribution in [0.4, 0.5) is 0 Å². The lowest BCUT2D eigenvalue weighted by Gasteiger charge is -2.12. The second-order valence-corrected chi connectivity index (χ2v) is 7.81. The van der Waals surface area contributed by atoms with Crippen molar-refractivity contribution in [1.82, 2.24) is 9.55 Å². The van der Waals surface area contributed by atoms with Crippen molar-refractivity contribution >= 4 is 34.4 Å². The zero-order valence-electron chi connectivity index (χ0n) is 16.5. The molecule has 0 aliphatic heterocycles. The standard InChI is InChI=1S/C22H22N2O4S/c1-14(2)15-8-10-16(11-9-15)19(25)13-29-22-23-18-7-5-4-6-17(18)21(27)24(22)12-20(26)28-3/h4-11,14H,12-13H2,1-3H3. The first kappa shape index (κ1) is 20.8. The molecular formula is C22H22N2O4S. The average molecular weight is 410 g/mol. The van der Waals surface area contributed by atoms with Crippen molar-refractivity contribution < 1.29 is 14.3 Å². The number of aromatic nitrogens is 2. The number of hydrogen-bond acceptors (Lipinski definition) is 6. The summed E-state index contributed by atoms with van der Waals surface area (Å²) in [5.41, 5.74) is 1.95. The molecule has 2 aromatic carbocycles. The third-order valence-electron chi connectivity index (χ3n) is 4.57. The van der Waals surface area contributed by atoms with Gasteiger partial charge < -0.3 is 4.74 Å². The van der Waals surface area contributed by atoms with Crippen molar-refractivity contribution in [2.75, 3.05) is 12.9 Å². The molecule has 7 heteroatoms. The fraction of sp³-hybridized carbons (Fsp3) is 0.273. The highest BCUT2D eigenvalue weighted by molar-refractivity contribution is 7.99. The highest BCUT2D eigenvalue weighted by atomic mass is 32.2. The average Bonchev–Trinajstić information content (AvgIpc) is 2.74. The largest absolute Gasteiger partial charge is 0.468 e. The minimum absolute atomic E-state index is 0.0719. The van der Waals surface area contributed by atoms with Gasteiger partial charge in [0.05, 0.1) is 23.8 Å². The van der Waals surface area contributed by atoms with E-state index in [1.54, 1.807) is 24.3 Å². The summed E-state index contributed by atoms with van der Waals surface area (Å²) in [7, 11) is 1.26. The Morgan fingerprint density at radius 3 is 2.45 bits per heavy atom. The van der Waals surface area contributed by atoms with E-state index in [1.807, 2.05) is 24.3 Å². The summed E-state index contributed by atoms with van der Waals surface area (Å²) in [6, 6.07) is 14.4. The lowest BCUT2D eigenvalue weighted by atomic mass is 10.0. The number of carbonyl (C=O) groups is 2. The topological polar surface area (TPSA) is 78.3 Å². The van der Waals surface area contributed by atoms with Crippen LogP contribution >= 0.6 is 11.8 Å². The molecule has 150 valence electrons. The summed E-state index contributed by atoms with van der Waals surface area (Å²) in [4.78, 5) is 41.7. The number of thioether (sulfide) groups is 1. The fourth-order valence-electron chi connectivity index (χ4n) is 2.86. The molecule has 0 saturated carbocycles. The quantitative estimate of drug-likeness (QED) is 0.256. The molecule has 0 aliphatic carbocycles. The molecule has 6 nitrogen and oxygen atoms in total. The van der Waals surface area contributed by atoms with Crippen LogP contribution in [-0.2, 0) is 16.1 Å². The number of ketones is 1. The highest BCUT2D eigenvalue weighted by Gasteiger charge is 2.16. The predicted octanol–water partition coefficient (Wildman–Crippen LogP) is 3.67. The summed E-state index contributed by atoms with van der Waals surface area (Å²) >= 11 is 1.14. The summed E-state index contributed by atoms with van der Waals surface area (Å²) in [6.07, 6.45) is 0. The number of esters is 1. The van der Waals surface area contributed by atoms with E-state index in [4.69, 9.17) is 4.74 Å². The Bertz CT molecular complexity index is 1100.